The quantitative estimate of drug-likeness (QED) is 0.454. The van der Waals surface area contributed by atoms with Gasteiger partial charge in [0.05, 0.1) is 46.2 Å². The Morgan fingerprint density at radius 1 is 0.650 bits per heavy atom. The maximum Gasteiger partial charge on any atom is 0.0701 e. The molecule has 1 saturated heterocycles. The normalized spacial score (nSPS) is 16.1. The first-order valence-corrected chi connectivity index (χ1v) is 7.97. The zero-order valence-electron chi connectivity index (χ0n) is 13.0. The molecule has 0 aromatic carbocycles. The molecule has 0 N–H and O–H groups in total. The molecule has 0 bridgehead atoms. The molecule has 0 saturated carbocycles. The maximum absolute atomic E-state index is 5.54. The zero-order chi connectivity index (χ0) is 14.3. The number of rotatable bonds is 14. The van der Waals surface area contributed by atoms with Crippen molar-refractivity contribution in [1.29, 1.82) is 0 Å². The molecule has 1 aliphatic rings. The summed E-state index contributed by atoms with van der Waals surface area (Å²) in [6.45, 7) is 11.2. The second-order valence-electron chi connectivity index (χ2n) is 5.00. The highest BCUT2D eigenvalue weighted by molar-refractivity contribution is 4.64. The molecule has 0 aliphatic carbocycles. The molecular weight excluding hydrogens is 258 g/mol. The number of nitrogens with zero attached hydrogens (tertiary/aromatic N) is 1. The van der Waals surface area contributed by atoms with Crippen LogP contribution < -0.4 is 0 Å². The predicted molar refractivity (Wildman–Crippen MR) is 79.2 cm³/mol. The molecule has 0 aromatic rings. The Labute approximate surface area is 123 Å². The van der Waals surface area contributed by atoms with Crippen LogP contribution >= 0.6 is 0 Å². The molecule has 1 aliphatic heterocycles. The van der Waals surface area contributed by atoms with Crippen LogP contribution in [0, 0.1) is 0 Å². The molecule has 5 nitrogen and oxygen atoms in total. The lowest BCUT2D eigenvalue weighted by Crippen LogP contribution is -2.24. The Balaban J connectivity index is 1.66. The van der Waals surface area contributed by atoms with Crippen LogP contribution in [0.4, 0.5) is 0 Å². The van der Waals surface area contributed by atoms with Crippen molar-refractivity contribution in [3.63, 3.8) is 0 Å². The summed E-state index contributed by atoms with van der Waals surface area (Å²) >= 11 is 0. The lowest BCUT2D eigenvalue weighted by atomic mass is 10.4. The lowest BCUT2D eigenvalue weighted by molar-refractivity contribution is -0.00330. The molecule has 1 fully saturated rings. The summed E-state index contributed by atoms with van der Waals surface area (Å²) in [4.78, 5) is 2.45. The summed E-state index contributed by atoms with van der Waals surface area (Å²) in [5.41, 5.74) is 0. The van der Waals surface area contributed by atoms with Gasteiger partial charge < -0.3 is 23.8 Å². The fraction of sp³-hybridized carbons (Fsp3) is 1.00. The smallest absolute Gasteiger partial charge is 0.0701 e. The Hall–Kier alpha value is -0.200. The monoisotopic (exact) mass is 289 g/mol. The summed E-state index contributed by atoms with van der Waals surface area (Å²) in [5, 5.41) is 0. The molecule has 0 amide bonds. The molecule has 0 aromatic heterocycles. The van der Waals surface area contributed by atoms with Gasteiger partial charge in [0.1, 0.15) is 0 Å². The highest BCUT2D eigenvalue weighted by Gasteiger charge is 2.09. The first kappa shape index (κ1) is 17.9. The van der Waals surface area contributed by atoms with Crippen molar-refractivity contribution >= 4 is 0 Å². The van der Waals surface area contributed by atoms with Gasteiger partial charge in [0, 0.05) is 13.2 Å². The highest BCUT2D eigenvalue weighted by Crippen LogP contribution is 2.05. The molecule has 0 spiro atoms. The van der Waals surface area contributed by atoms with Crippen LogP contribution in [-0.4, -0.2) is 77.4 Å². The van der Waals surface area contributed by atoms with Gasteiger partial charge in [-0.05, 0) is 32.4 Å². The largest absolute Gasteiger partial charge is 0.379 e. The van der Waals surface area contributed by atoms with Crippen LogP contribution in [0.3, 0.4) is 0 Å². The molecule has 0 unspecified atom stereocenters. The van der Waals surface area contributed by atoms with E-state index in [0.717, 1.165) is 26.2 Å². The van der Waals surface area contributed by atoms with E-state index in [4.69, 9.17) is 18.9 Å². The standard InChI is InChI=1S/C15H31NO4/c1-2-8-17-10-12-19-14-15-20-13-11-18-9-7-16-5-3-4-6-16/h2-15H2,1H3. The zero-order valence-corrected chi connectivity index (χ0v) is 13.0. The summed E-state index contributed by atoms with van der Waals surface area (Å²) in [6.07, 6.45) is 3.74. The molecule has 1 heterocycles. The van der Waals surface area contributed by atoms with Gasteiger partial charge in [0.25, 0.3) is 0 Å². The van der Waals surface area contributed by atoms with Crippen molar-refractivity contribution < 1.29 is 18.9 Å². The van der Waals surface area contributed by atoms with Crippen molar-refractivity contribution in [3.05, 3.63) is 0 Å². The fourth-order valence-electron chi connectivity index (χ4n) is 2.11. The van der Waals surface area contributed by atoms with Crippen molar-refractivity contribution in [2.75, 3.05) is 72.5 Å². The first-order valence-electron chi connectivity index (χ1n) is 7.97. The summed E-state index contributed by atoms with van der Waals surface area (Å²) in [5.74, 6) is 0. The molecule has 5 heteroatoms. The van der Waals surface area contributed by atoms with E-state index >= 15 is 0 Å². The molecule has 120 valence electrons. The second-order valence-corrected chi connectivity index (χ2v) is 5.00. The third-order valence-electron chi connectivity index (χ3n) is 3.22. The van der Waals surface area contributed by atoms with E-state index < -0.39 is 0 Å². The van der Waals surface area contributed by atoms with E-state index in [1.54, 1.807) is 0 Å². The Bertz CT molecular complexity index is 198. The van der Waals surface area contributed by atoms with Crippen LogP contribution in [0.15, 0.2) is 0 Å². The van der Waals surface area contributed by atoms with E-state index in [1.165, 1.54) is 25.9 Å². The van der Waals surface area contributed by atoms with Crippen molar-refractivity contribution in [2.24, 2.45) is 0 Å². The average Bonchev–Trinajstić information content (AvgIpc) is 2.97. The van der Waals surface area contributed by atoms with E-state index in [0.29, 0.717) is 39.6 Å². The second kappa shape index (κ2) is 13.8. The number of likely N-dealkylation sites (tertiary alicyclic amines) is 1. The van der Waals surface area contributed by atoms with Gasteiger partial charge in [-0.15, -0.1) is 0 Å². The Morgan fingerprint density at radius 2 is 1.10 bits per heavy atom. The number of hydrogen-bond acceptors (Lipinski definition) is 5. The molecule has 20 heavy (non-hydrogen) atoms. The molecule has 1 rings (SSSR count). The summed E-state index contributed by atoms with van der Waals surface area (Å²) in [7, 11) is 0. The summed E-state index contributed by atoms with van der Waals surface area (Å²) in [6, 6.07) is 0. The van der Waals surface area contributed by atoms with Gasteiger partial charge in [-0.1, -0.05) is 6.92 Å². The van der Waals surface area contributed by atoms with Crippen LogP contribution in [0.25, 0.3) is 0 Å². The van der Waals surface area contributed by atoms with Crippen molar-refractivity contribution in [3.8, 4) is 0 Å². The van der Waals surface area contributed by atoms with Crippen LogP contribution in [0.1, 0.15) is 26.2 Å². The van der Waals surface area contributed by atoms with Gasteiger partial charge in [-0.25, -0.2) is 0 Å². The van der Waals surface area contributed by atoms with Crippen molar-refractivity contribution in [1.82, 2.24) is 4.90 Å². The molecule has 0 atom stereocenters. The van der Waals surface area contributed by atoms with Crippen LogP contribution in [-0.2, 0) is 18.9 Å². The fourth-order valence-corrected chi connectivity index (χ4v) is 2.11. The predicted octanol–water partition coefficient (Wildman–Crippen LogP) is 1.56. The first-order chi connectivity index (χ1) is 9.93. The minimum Gasteiger partial charge on any atom is -0.379 e. The van der Waals surface area contributed by atoms with Crippen molar-refractivity contribution in [2.45, 2.75) is 26.2 Å². The molecule has 0 radical (unpaired) electrons. The van der Waals surface area contributed by atoms with Gasteiger partial charge in [0.15, 0.2) is 0 Å². The van der Waals surface area contributed by atoms with Gasteiger partial charge in [-0.2, -0.15) is 0 Å². The SMILES string of the molecule is CCCOCCOCCOCCOCCN1CCCC1. The highest BCUT2D eigenvalue weighted by atomic mass is 16.6. The third-order valence-corrected chi connectivity index (χ3v) is 3.22. The summed E-state index contributed by atoms with van der Waals surface area (Å²) < 4.78 is 21.7. The Morgan fingerprint density at radius 3 is 1.60 bits per heavy atom. The topological polar surface area (TPSA) is 40.2 Å². The van der Waals surface area contributed by atoms with E-state index in [9.17, 15) is 0 Å². The van der Waals surface area contributed by atoms with E-state index in [-0.39, 0.29) is 0 Å². The van der Waals surface area contributed by atoms with Crippen LogP contribution in [0.5, 0.6) is 0 Å². The van der Waals surface area contributed by atoms with Gasteiger partial charge >= 0.3 is 0 Å². The number of ether oxygens (including phenoxy) is 4. The maximum atomic E-state index is 5.54. The number of hydrogen-bond donors (Lipinski definition) is 0. The lowest BCUT2D eigenvalue weighted by Gasteiger charge is -2.14. The van der Waals surface area contributed by atoms with Crippen LogP contribution in [0.2, 0.25) is 0 Å². The van der Waals surface area contributed by atoms with E-state index in [2.05, 4.69) is 11.8 Å². The van der Waals surface area contributed by atoms with Gasteiger partial charge in [-0.3, -0.25) is 0 Å². The minimum atomic E-state index is 0.628. The molecular formula is C15H31NO4. The Kier molecular flexibility index (Phi) is 12.3. The average molecular weight is 289 g/mol. The van der Waals surface area contributed by atoms with E-state index in [1.807, 2.05) is 0 Å². The third kappa shape index (κ3) is 10.6. The van der Waals surface area contributed by atoms with Gasteiger partial charge in [0.2, 0.25) is 0 Å². The minimum absolute atomic E-state index is 0.628.